The van der Waals surface area contributed by atoms with Crippen LogP contribution >= 0.6 is 11.3 Å². The van der Waals surface area contributed by atoms with Crippen molar-refractivity contribution in [2.45, 2.75) is 45.7 Å². The third-order valence-electron chi connectivity index (χ3n) is 3.26. The molecule has 4 heteroatoms. The quantitative estimate of drug-likeness (QED) is 0.925. The van der Waals surface area contributed by atoms with Crippen molar-refractivity contribution >= 4 is 11.3 Å². The molecule has 1 unspecified atom stereocenters. The number of nitrogens with zero attached hydrogens (tertiary/aromatic N) is 2. The van der Waals surface area contributed by atoms with Gasteiger partial charge < -0.3 is 5.32 Å². The molecule has 19 heavy (non-hydrogen) atoms. The molecule has 2 aromatic rings. The Morgan fingerprint density at radius 3 is 2.74 bits per heavy atom. The Morgan fingerprint density at radius 2 is 2.16 bits per heavy atom. The van der Waals surface area contributed by atoms with E-state index >= 15 is 0 Å². The first-order chi connectivity index (χ1) is 8.88. The Balaban J connectivity index is 2.08. The molecule has 104 valence electrons. The van der Waals surface area contributed by atoms with Crippen LogP contribution in [0.25, 0.3) is 0 Å². The second kappa shape index (κ2) is 5.47. The van der Waals surface area contributed by atoms with Gasteiger partial charge >= 0.3 is 0 Å². The van der Waals surface area contributed by atoms with Crippen molar-refractivity contribution in [2.75, 3.05) is 0 Å². The lowest BCUT2D eigenvalue weighted by Crippen LogP contribution is -2.21. The molecule has 0 aliphatic heterocycles. The van der Waals surface area contributed by atoms with Gasteiger partial charge in [0, 0.05) is 36.8 Å². The van der Waals surface area contributed by atoms with Gasteiger partial charge in [0.05, 0.1) is 5.69 Å². The number of hydrogen-bond acceptors (Lipinski definition) is 3. The summed E-state index contributed by atoms with van der Waals surface area (Å²) in [5, 5.41) is 12.5. The fourth-order valence-electron chi connectivity index (χ4n) is 2.20. The van der Waals surface area contributed by atoms with E-state index in [9.17, 15) is 0 Å². The zero-order valence-corrected chi connectivity index (χ0v) is 13.2. The summed E-state index contributed by atoms with van der Waals surface area (Å²) in [6.07, 6.45) is 2.12. The number of aryl methyl sites for hydroxylation is 1. The summed E-state index contributed by atoms with van der Waals surface area (Å²) in [4.78, 5) is 0. The maximum atomic E-state index is 4.60. The number of nitrogens with one attached hydrogen (secondary N) is 1. The van der Waals surface area contributed by atoms with E-state index in [0.717, 1.165) is 6.54 Å². The van der Waals surface area contributed by atoms with Crippen LogP contribution in [0.1, 0.15) is 50.6 Å². The Labute approximate surface area is 119 Å². The highest BCUT2D eigenvalue weighted by molar-refractivity contribution is 7.07. The molecular weight excluding hydrogens is 254 g/mol. The number of aromatic nitrogens is 2. The maximum Gasteiger partial charge on any atom is 0.0722 e. The van der Waals surface area contributed by atoms with Crippen LogP contribution in [0, 0.1) is 0 Å². The predicted molar refractivity (Wildman–Crippen MR) is 81.5 cm³/mol. The van der Waals surface area contributed by atoms with Gasteiger partial charge in [0.2, 0.25) is 0 Å². The minimum absolute atomic E-state index is 0.0872. The van der Waals surface area contributed by atoms with E-state index in [2.05, 4.69) is 61.1 Å². The topological polar surface area (TPSA) is 29.9 Å². The Morgan fingerprint density at radius 1 is 1.42 bits per heavy atom. The summed E-state index contributed by atoms with van der Waals surface area (Å²) < 4.78 is 1.91. The SMILES string of the molecule is CC(NCc1cn(C)nc1C(C)(C)C)c1ccsc1. The molecule has 0 fully saturated rings. The Hall–Kier alpha value is -1.13. The van der Waals surface area contributed by atoms with Gasteiger partial charge in [-0.15, -0.1) is 0 Å². The van der Waals surface area contributed by atoms with E-state index in [0.29, 0.717) is 6.04 Å². The predicted octanol–water partition coefficient (Wildman–Crippen LogP) is 3.63. The standard InChI is InChI=1S/C15H23N3S/c1-11(12-6-7-19-10-12)16-8-13-9-18(5)17-14(13)15(2,3)4/h6-7,9-11,16H,8H2,1-5H3. The number of thiophene rings is 1. The monoisotopic (exact) mass is 277 g/mol. The van der Waals surface area contributed by atoms with Crippen molar-refractivity contribution in [3.63, 3.8) is 0 Å². The second-order valence-corrected chi connectivity index (χ2v) is 6.87. The first kappa shape index (κ1) is 14.3. The molecule has 0 aliphatic rings. The lowest BCUT2D eigenvalue weighted by atomic mass is 9.89. The molecule has 0 aliphatic carbocycles. The first-order valence-electron chi connectivity index (χ1n) is 6.66. The molecule has 0 saturated heterocycles. The van der Waals surface area contributed by atoms with Gasteiger partial charge in [-0.1, -0.05) is 20.8 Å². The van der Waals surface area contributed by atoms with Gasteiger partial charge in [-0.3, -0.25) is 4.68 Å². The van der Waals surface area contributed by atoms with Gasteiger partial charge in [0.15, 0.2) is 0 Å². The second-order valence-electron chi connectivity index (χ2n) is 6.09. The zero-order valence-electron chi connectivity index (χ0n) is 12.4. The molecule has 0 amide bonds. The van der Waals surface area contributed by atoms with Crippen LogP contribution in [0.4, 0.5) is 0 Å². The Kier molecular flexibility index (Phi) is 4.11. The van der Waals surface area contributed by atoms with Gasteiger partial charge in [-0.25, -0.2) is 0 Å². The molecule has 3 nitrogen and oxygen atoms in total. The first-order valence-corrected chi connectivity index (χ1v) is 7.60. The van der Waals surface area contributed by atoms with E-state index in [1.807, 2.05) is 11.7 Å². The fraction of sp³-hybridized carbons (Fsp3) is 0.533. The number of rotatable bonds is 4. The fourth-order valence-corrected chi connectivity index (χ4v) is 2.95. The minimum Gasteiger partial charge on any atom is -0.306 e. The zero-order chi connectivity index (χ0) is 14.0. The van der Waals surface area contributed by atoms with E-state index in [4.69, 9.17) is 0 Å². The highest BCUT2D eigenvalue weighted by Crippen LogP contribution is 2.25. The summed E-state index contributed by atoms with van der Waals surface area (Å²) in [6.45, 7) is 9.69. The van der Waals surface area contributed by atoms with Crippen LogP contribution in [0.5, 0.6) is 0 Å². The molecular formula is C15H23N3S. The molecule has 0 radical (unpaired) electrons. The third-order valence-corrected chi connectivity index (χ3v) is 3.96. The van der Waals surface area contributed by atoms with Crippen LogP contribution in [0.2, 0.25) is 0 Å². The van der Waals surface area contributed by atoms with Gasteiger partial charge in [-0.05, 0) is 29.3 Å². The minimum atomic E-state index is 0.0872. The summed E-state index contributed by atoms with van der Waals surface area (Å²) in [5.41, 5.74) is 3.91. The molecule has 0 aromatic carbocycles. The normalized spacial score (nSPS) is 13.7. The van der Waals surface area contributed by atoms with E-state index in [1.165, 1.54) is 16.8 Å². The van der Waals surface area contributed by atoms with E-state index in [1.54, 1.807) is 11.3 Å². The highest BCUT2D eigenvalue weighted by atomic mass is 32.1. The van der Waals surface area contributed by atoms with Crippen LogP contribution in [-0.4, -0.2) is 9.78 Å². The largest absolute Gasteiger partial charge is 0.306 e. The van der Waals surface area contributed by atoms with Crippen molar-refractivity contribution < 1.29 is 0 Å². The molecule has 2 rings (SSSR count). The molecule has 1 atom stereocenters. The van der Waals surface area contributed by atoms with Gasteiger partial charge in [0.25, 0.3) is 0 Å². The average Bonchev–Trinajstić information content (AvgIpc) is 2.93. The van der Waals surface area contributed by atoms with E-state index in [-0.39, 0.29) is 5.41 Å². The lowest BCUT2D eigenvalue weighted by molar-refractivity contribution is 0.531. The van der Waals surface area contributed by atoms with Crippen molar-refractivity contribution in [2.24, 2.45) is 7.05 Å². The van der Waals surface area contributed by atoms with Crippen molar-refractivity contribution in [1.82, 2.24) is 15.1 Å². The van der Waals surface area contributed by atoms with Crippen molar-refractivity contribution in [3.8, 4) is 0 Å². The molecule has 2 aromatic heterocycles. The third kappa shape index (κ3) is 3.45. The van der Waals surface area contributed by atoms with E-state index < -0.39 is 0 Å². The van der Waals surface area contributed by atoms with Crippen LogP contribution in [-0.2, 0) is 19.0 Å². The summed E-state index contributed by atoms with van der Waals surface area (Å²) in [7, 11) is 1.99. The van der Waals surface area contributed by atoms with Crippen LogP contribution < -0.4 is 5.32 Å². The number of hydrogen-bond donors (Lipinski definition) is 1. The lowest BCUT2D eigenvalue weighted by Gasteiger charge is -2.19. The molecule has 1 N–H and O–H groups in total. The summed E-state index contributed by atoms with van der Waals surface area (Å²) >= 11 is 1.74. The maximum absolute atomic E-state index is 4.60. The summed E-state index contributed by atoms with van der Waals surface area (Å²) in [5.74, 6) is 0. The highest BCUT2D eigenvalue weighted by Gasteiger charge is 2.21. The van der Waals surface area contributed by atoms with Crippen molar-refractivity contribution in [1.29, 1.82) is 0 Å². The average molecular weight is 277 g/mol. The Bertz CT molecular complexity index is 520. The molecule has 0 saturated carbocycles. The summed E-state index contributed by atoms with van der Waals surface area (Å²) in [6, 6.07) is 2.55. The molecule has 0 spiro atoms. The van der Waals surface area contributed by atoms with Gasteiger partial charge in [0.1, 0.15) is 0 Å². The smallest absolute Gasteiger partial charge is 0.0722 e. The van der Waals surface area contributed by atoms with Crippen molar-refractivity contribution in [3.05, 3.63) is 39.8 Å². The van der Waals surface area contributed by atoms with Crippen LogP contribution in [0.15, 0.2) is 23.0 Å². The molecule has 0 bridgehead atoms. The molecule has 2 heterocycles. The van der Waals surface area contributed by atoms with Crippen LogP contribution in [0.3, 0.4) is 0 Å². The van der Waals surface area contributed by atoms with Gasteiger partial charge in [-0.2, -0.15) is 16.4 Å².